The molecule has 0 atom stereocenters. The van der Waals surface area contributed by atoms with Gasteiger partial charge in [-0.25, -0.2) is 0 Å². The smallest absolute Gasteiger partial charge is 0.305 e. The minimum Gasteiger partial charge on any atom is -0.481 e. The summed E-state index contributed by atoms with van der Waals surface area (Å²) in [5.41, 5.74) is 0.560. The molecule has 0 aromatic carbocycles. The Balaban J connectivity index is 2.86. The van der Waals surface area contributed by atoms with Crippen LogP contribution in [0.4, 0.5) is 0 Å². The Bertz CT molecular complexity index is 454. The van der Waals surface area contributed by atoms with Gasteiger partial charge in [-0.3, -0.25) is 9.59 Å². The number of halogens is 1. The third-order valence-electron chi connectivity index (χ3n) is 2.60. The molecule has 0 bridgehead atoms. The first-order valence-corrected chi connectivity index (χ1v) is 6.47. The van der Waals surface area contributed by atoms with Crippen molar-refractivity contribution < 1.29 is 14.7 Å². The van der Waals surface area contributed by atoms with Gasteiger partial charge in [0.15, 0.2) is 0 Å². The van der Waals surface area contributed by atoms with Crippen molar-refractivity contribution in [3.63, 3.8) is 0 Å². The lowest BCUT2D eigenvalue weighted by atomic mass is 10.3. The molecule has 100 valence electrons. The molecule has 0 unspecified atom stereocenters. The van der Waals surface area contributed by atoms with E-state index < -0.39 is 5.97 Å². The molecular formula is C12H17BrN2O3. The van der Waals surface area contributed by atoms with Crippen LogP contribution in [-0.4, -0.2) is 40.0 Å². The normalized spacial score (nSPS) is 10.7. The molecule has 1 N–H and O–H groups in total. The Morgan fingerprint density at radius 3 is 2.61 bits per heavy atom. The van der Waals surface area contributed by atoms with Crippen molar-refractivity contribution >= 4 is 27.8 Å². The molecule has 1 rings (SSSR count). The van der Waals surface area contributed by atoms with E-state index in [4.69, 9.17) is 5.11 Å². The average Bonchev–Trinajstić information content (AvgIpc) is 2.67. The fourth-order valence-electron chi connectivity index (χ4n) is 1.60. The molecule has 0 aliphatic carbocycles. The molecule has 1 aromatic rings. The first-order chi connectivity index (χ1) is 8.32. The fraction of sp³-hybridized carbons (Fsp3) is 0.500. The predicted octanol–water partition coefficient (Wildman–Crippen LogP) is 2.38. The molecular weight excluding hydrogens is 300 g/mol. The zero-order valence-corrected chi connectivity index (χ0v) is 12.3. The summed E-state index contributed by atoms with van der Waals surface area (Å²) in [7, 11) is 1.61. The molecule has 18 heavy (non-hydrogen) atoms. The fourth-order valence-corrected chi connectivity index (χ4v) is 2.04. The summed E-state index contributed by atoms with van der Waals surface area (Å²) in [4.78, 5) is 24.1. The third kappa shape index (κ3) is 3.60. The Labute approximate surface area is 115 Å². The quantitative estimate of drug-likeness (QED) is 0.907. The van der Waals surface area contributed by atoms with E-state index in [0.29, 0.717) is 5.69 Å². The number of hydrogen-bond donors (Lipinski definition) is 1. The summed E-state index contributed by atoms with van der Waals surface area (Å²) in [6, 6.07) is 1.92. The first kappa shape index (κ1) is 14.8. The number of aliphatic carboxylic acids is 1. The van der Waals surface area contributed by atoms with Gasteiger partial charge in [0, 0.05) is 30.3 Å². The van der Waals surface area contributed by atoms with E-state index in [1.165, 1.54) is 4.90 Å². The molecule has 0 saturated heterocycles. The lowest BCUT2D eigenvalue weighted by Gasteiger charge is -2.19. The van der Waals surface area contributed by atoms with Crippen LogP contribution in [-0.2, 0) is 4.79 Å². The molecule has 1 heterocycles. The minimum atomic E-state index is -0.907. The maximum Gasteiger partial charge on any atom is 0.305 e. The Kier molecular flexibility index (Phi) is 4.95. The van der Waals surface area contributed by atoms with Crippen molar-refractivity contribution in [2.75, 3.05) is 13.6 Å². The molecule has 1 amide bonds. The molecule has 5 nitrogen and oxygen atoms in total. The Morgan fingerprint density at radius 1 is 1.50 bits per heavy atom. The summed E-state index contributed by atoms with van der Waals surface area (Å²) in [5, 5.41) is 8.61. The number of aromatic nitrogens is 1. The molecule has 0 aliphatic heterocycles. The zero-order valence-electron chi connectivity index (χ0n) is 10.7. The largest absolute Gasteiger partial charge is 0.481 e. The number of amides is 1. The van der Waals surface area contributed by atoms with Crippen LogP contribution >= 0.6 is 15.9 Å². The van der Waals surface area contributed by atoms with Crippen molar-refractivity contribution in [2.45, 2.75) is 26.3 Å². The van der Waals surface area contributed by atoms with Crippen molar-refractivity contribution in [1.29, 1.82) is 0 Å². The highest BCUT2D eigenvalue weighted by molar-refractivity contribution is 9.10. The molecule has 1 aromatic heterocycles. The maximum absolute atomic E-state index is 12.2. The number of hydrogen-bond acceptors (Lipinski definition) is 2. The molecule has 0 saturated carbocycles. The Morgan fingerprint density at radius 2 is 2.11 bits per heavy atom. The van der Waals surface area contributed by atoms with Gasteiger partial charge in [-0.05, 0) is 35.8 Å². The summed E-state index contributed by atoms with van der Waals surface area (Å²) in [6.45, 7) is 4.18. The lowest BCUT2D eigenvalue weighted by molar-refractivity contribution is -0.137. The molecule has 0 spiro atoms. The van der Waals surface area contributed by atoms with Crippen molar-refractivity contribution in [3.8, 4) is 0 Å². The summed E-state index contributed by atoms with van der Waals surface area (Å²) in [6.07, 6.45) is 1.80. The zero-order chi connectivity index (χ0) is 13.9. The number of carboxylic acids is 1. The standard InChI is InChI=1S/C12H17BrN2O3/c1-8(2)15-7-9(13)6-10(15)12(18)14(3)5-4-11(16)17/h6-8H,4-5H2,1-3H3,(H,16,17). The second kappa shape index (κ2) is 6.04. The van der Waals surface area contributed by atoms with Crippen LogP contribution in [0.2, 0.25) is 0 Å². The van der Waals surface area contributed by atoms with Gasteiger partial charge in [-0.2, -0.15) is 0 Å². The van der Waals surface area contributed by atoms with Gasteiger partial charge in [-0.15, -0.1) is 0 Å². The summed E-state index contributed by atoms with van der Waals surface area (Å²) < 4.78 is 2.70. The van der Waals surface area contributed by atoms with E-state index in [1.54, 1.807) is 13.1 Å². The third-order valence-corrected chi connectivity index (χ3v) is 3.03. The van der Waals surface area contributed by atoms with E-state index in [9.17, 15) is 9.59 Å². The first-order valence-electron chi connectivity index (χ1n) is 5.67. The van der Waals surface area contributed by atoms with Gasteiger partial charge in [0.1, 0.15) is 5.69 Å². The predicted molar refractivity (Wildman–Crippen MR) is 71.7 cm³/mol. The second-order valence-electron chi connectivity index (χ2n) is 4.42. The van der Waals surface area contributed by atoms with Crippen LogP contribution in [0.15, 0.2) is 16.7 Å². The van der Waals surface area contributed by atoms with Crippen LogP contribution in [0, 0.1) is 0 Å². The topological polar surface area (TPSA) is 62.5 Å². The summed E-state index contributed by atoms with van der Waals surface area (Å²) in [5.74, 6) is -1.08. The number of nitrogens with zero attached hydrogens (tertiary/aromatic N) is 2. The van der Waals surface area contributed by atoms with Crippen LogP contribution < -0.4 is 0 Å². The highest BCUT2D eigenvalue weighted by Crippen LogP contribution is 2.20. The average molecular weight is 317 g/mol. The van der Waals surface area contributed by atoms with Gasteiger partial charge in [-0.1, -0.05) is 0 Å². The van der Waals surface area contributed by atoms with Crippen LogP contribution in [0.1, 0.15) is 36.8 Å². The van der Waals surface area contributed by atoms with Crippen LogP contribution in [0.3, 0.4) is 0 Å². The van der Waals surface area contributed by atoms with E-state index in [2.05, 4.69) is 15.9 Å². The van der Waals surface area contributed by atoms with Crippen LogP contribution in [0.25, 0.3) is 0 Å². The Hall–Kier alpha value is -1.30. The van der Waals surface area contributed by atoms with E-state index in [0.717, 1.165) is 4.47 Å². The monoisotopic (exact) mass is 316 g/mol. The van der Waals surface area contributed by atoms with Gasteiger partial charge in [0.25, 0.3) is 5.91 Å². The minimum absolute atomic E-state index is 0.0498. The van der Waals surface area contributed by atoms with Crippen molar-refractivity contribution in [2.24, 2.45) is 0 Å². The van der Waals surface area contributed by atoms with Gasteiger partial charge in [0.05, 0.1) is 6.42 Å². The van der Waals surface area contributed by atoms with Gasteiger partial charge < -0.3 is 14.6 Å². The van der Waals surface area contributed by atoms with Gasteiger partial charge >= 0.3 is 5.97 Å². The SMILES string of the molecule is CC(C)n1cc(Br)cc1C(=O)N(C)CCC(=O)O. The molecule has 0 radical (unpaired) electrons. The number of carboxylic acid groups (broad SMARTS) is 1. The highest BCUT2D eigenvalue weighted by atomic mass is 79.9. The molecule has 0 aliphatic rings. The number of rotatable bonds is 5. The number of carbonyl (C=O) groups is 2. The second-order valence-corrected chi connectivity index (χ2v) is 5.33. The van der Waals surface area contributed by atoms with Crippen LogP contribution in [0.5, 0.6) is 0 Å². The molecule has 0 fully saturated rings. The lowest BCUT2D eigenvalue weighted by Crippen LogP contribution is -2.30. The number of carbonyl (C=O) groups excluding carboxylic acids is 1. The van der Waals surface area contributed by atoms with E-state index in [1.807, 2.05) is 24.6 Å². The highest BCUT2D eigenvalue weighted by Gasteiger charge is 2.18. The van der Waals surface area contributed by atoms with Crippen molar-refractivity contribution in [3.05, 3.63) is 22.4 Å². The van der Waals surface area contributed by atoms with Gasteiger partial charge in [0.2, 0.25) is 0 Å². The maximum atomic E-state index is 12.2. The van der Waals surface area contributed by atoms with Crippen molar-refractivity contribution in [1.82, 2.24) is 9.47 Å². The summed E-state index contributed by atoms with van der Waals surface area (Å²) >= 11 is 3.35. The van der Waals surface area contributed by atoms with E-state index >= 15 is 0 Å². The van der Waals surface area contributed by atoms with E-state index in [-0.39, 0.29) is 24.9 Å². The molecule has 6 heteroatoms.